The van der Waals surface area contributed by atoms with Crippen molar-refractivity contribution in [3.63, 3.8) is 0 Å². The lowest BCUT2D eigenvalue weighted by molar-refractivity contribution is -0.137. The van der Waals surface area contributed by atoms with Gasteiger partial charge in [0, 0.05) is 12.1 Å². The fourth-order valence-corrected chi connectivity index (χ4v) is 2.31. The van der Waals surface area contributed by atoms with Crippen LogP contribution in [-0.4, -0.2) is 24.9 Å². The van der Waals surface area contributed by atoms with Crippen LogP contribution in [0.4, 0.5) is 22.0 Å². The lowest BCUT2D eigenvalue weighted by atomic mass is 9.80. The average Bonchev–Trinajstić information content (AvgIpc) is 2.73. The zero-order valence-corrected chi connectivity index (χ0v) is 17.3. The molecule has 0 aliphatic heterocycles. The van der Waals surface area contributed by atoms with Gasteiger partial charge in [0.2, 0.25) is 0 Å². The first-order chi connectivity index (χ1) is 15.0. The number of hydrogen-bond acceptors (Lipinski definition) is 4. The van der Waals surface area contributed by atoms with Gasteiger partial charge in [-0.15, -0.1) is 0 Å². The molecule has 0 saturated carbocycles. The molecule has 0 aliphatic carbocycles. The molecule has 0 heterocycles. The van der Waals surface area contributed by atoms with Crippen LogP contribution in [0.15, 0.2) is 60.7 Å². The Kier molecular flexibility index (Phi) is 9.21. The molecule has 0 aliphatic rings. The monoisotopic (exact) mass is 491 g/mol. The van der Waals surface area contributed by atoms with Crippen LogP contribution < -0.4 is 14.8 Å². The molecule has 1 radical (unpaired) electrons. The van der Waals surface area contributed by atoms with E-state index in [4.69, 9.17) is 42.6 Å². The van der Waals surface area contributed by atoms with Gasteiger partial charge in [-0.25, -0.2) is 8.78 Å². The maximum absolute atomic E-state index is 13.1. The Labute approximate surface area is 190 Å². The van der Waals surface area contributed by atoms with Crippen LogP contribution >= 0.6 is 23.2 Å². The molecule has 0 fully saturated rings. The van der Waals surface area contributed by atoms with Crippen molar-refractivity contribution in [2.24, 2.45) is 0 Å². The molecule has 0 unspecified atom stereocenters. The van der Waals surface area contributed by atoms with Crippen LogP contribution in [-0.2, 0) is 6.18 Å². The maximum atomic E-state index is 13.1. The van der Waals surface area contributed by atoms with E-state index in [-0.39, 0.29) is 27.0 Å². The maximum Gasteiger partial charge on any atom is 0.658 e. The molecule has 13 heteroatoms. The topological polar surface area (TPSA) is 58.9 Å². The molecule has 3 aromatic rings. The van der Waals surface area contributed by atoms with Gasteiger partial charge in [-0.2, -0.15) is 13.2 Å². The molecule has 0 bridgehead atoms. The first kappa shape index (κ1) is 25.8. The summed E-state index contributed by atoms with van der Waals surface area (Å²) >= 11 is 11.0. The van der Waals surface area contributed by atoms with E-state index in [0.717, 1.165) is 44.1 Å². The summed E-state index contributed by atoms with van der Waals surface area (Å²) in [5.41, 5.74) is -0.773. The van der Waals surface area contributed by atoms with Crippen LogP contribution in [0.5, 0.6) is 11.5 Å². The summed E-state index contributed by atoms with van der Waals surface area (Å²) in [5.74, 6) is -0.803. The molecule has 0 aromatic heterocycles. The summed E-state index contributed by atoms with van der Waals surface area (Å²) in [6, 6.07) is 11.5. The summed E-state index contributed by atoms with van der Waals surface area (Å²) in [7, 11) is -0.784. The lowest BCUT2D eigenvalue weighted by Crippen LogP contribution is -2.29. The third-order valence-corrected chi connectivity index (χ3v) is 4.30. The van der Waals surface area contributed by atoms with Gasteiger partial charge in [-0.3, -0.25) is 0 Å². The van der Waals surface area contributed by atoms with E-state index in [0.29, 0.717) is 0 Å². The normalized spacial score (nSPS) is 10.7. The first-order valence-corrected chi connectivity index (χ1v) is 9.31. The minimum absolute atomic E-state index is 0.00644. The van der Waals surface area contributed by atoms with E-state index in [1.807, 2.05) is 0 Å². The van der Waals surface area contributed by atoms with E-state index in [1.54, 1.807) is 0 Å². The Hall–Kier alpha value is -2.46. The quantitative estimate of drug-likeness (QED) is 0.403. The molecule has 3 rings (SSSR count). The Morgan fingerprint density at radius 3 is 1.53 bits per heavy atom. The summed E-state index contributed by atoms with van der Waals surface area (Å²) in [4.78, 5) is 0. The average molecular weight is 492 g/mol. The second-order valence-corrected chi connectivity index (χ2v) is 6.79. The zero-order valence-electron chi connectivity index (χ0n) is 15.8. The largest absolute Gasteiger partial charge is 0.658 e. The van der Waals surface area contributed by atoms with Crippen LogP contribution in [0, 0.1) is 11.6 Å². The van der Waals surface area contributed by atoms with Gasteiger partial charge in [-0.1, -0.05) is 47.5 Å². The van der Waals surface area contributed by atoms with Crippen LogP contribution in [0.3, 0.4) is 0 Å². The molecule has 4 nitrogen and oxygen atoms in total. The zero-order chi connectivity index (χ0) is 23.9. The van der Waals surface area contributed by atoms with E-state index < -0.39 is 30.5 Å². The molecule has 167 valence electrons. The molecular weight excluding hydrogens is 480 g/mol. The summed E-state index contributed by atoms with van der Waals surface area (Å²) in [6.07, 6.45) is -4.39. The van der Waals surface area contributed by atoms with Crippen LogP contribution in [0.2, 0.25) is 10.0 Å². The lowest BCUT2D eigenvalue weighted by Gasteiger charge is -2.07. The third kappa shape index (κ3) is 7.90. The fourth-order valence-electron chi connectivity index (χ4n) is 2.08. The predicted molar refractivity (Wildman–Crippen MR) is 111 cm³/mol. The third-order valence-electron chi connectivity index (χ3n) is 3.69. The highest BCUT2D eigenvalue weighted by Crippen LogP contribution is 2.28. The van der Waals surface area contributed by atoms with Gasteiger partial charge in [0.15, 0.2) is 0 Å². The van der Waals surface area contributed by atoms with E-state index in [2.05, 4.69) is 0 Å². The van der Waals surface area contributed by atoms with Crippen LogP contribution in [0.1, 0.15) is 5.56 Å². The Morgan fingerprint density at radius 1 is 0.750 bits per heavy atom. The highest BCUT2D eigenvalue weighted by atomic mass is 35.5. The van der Waals surface area contributed by atoms with Crippen LogP contribution in [0.25, 0.3) is 0 Å². The highest BCUT2D eigenvalue weighted by molar-refractivity contribution is 6.58. The molecule has 0 saturated heterocycles. The Bertz CT molecular complexity index is 986. The van der Waals surface area contributed by atoms with E-state index in [9.17, 15) is 22.0 Å². The SMILES string of the molecule is Fc1cc(O[B]Oc2ccc(Cl)c(F)c2)ccc1Cl.OB(O)c1ccc(C(F)(F)F)cc1. The molecule has 0 spiro atoms. The molecule has 0 atom stereocenters. The highest BCUT2D eigenvalue weighted by Gasteiger charge is 2.30. The van der Waals surface area contributed by atoms with Gasteiger partial charge in [0.05, 0.1) is 15.6 Å². The minimum Gasteiger partial charge on any atom is -0.526 e. The summed E-state index contributed by atoms with van der Waals surface area (Å²) < 4.78 is 72.2. The molecular formula is C19H12B2Cl2F5O4. The van der Waals surface area contributed by atoms with E-state index in [1.165, 1.54) is 24.3 Å². The van der Waals surface area contributed by atoms with Crippen molar-refractivity contribution in [2.75, 3.05) is 0 Å². The second kappa shape index (κ2) is 11.4. The van der Waals surface area contributed by atoms with Crippen molar-refractivity contribution in [3.05, 3.63) is 87.9 Å². The number of hydrogen-bond donors (Lipinski definition) is 2. The van der Waals surface area contributed by atoms with Crippen molar-refractivity contribution in [2.45, 2.75) is 6.18 Å². The standard InChI is InChI=1S/C12H6BCl2F2O2.C7H6BF3O2/c14-9-3-1-7(5-11(9)16)18-13-19-8-2-4-10(15)12(17)6-8;9-7(10,11)5-1-3-6(4-2-5)8(12)13/h1-6H;1-4,12-13H. The van der Waals surface area contributed by atoms with Crippen molar-refractivity contribution in [1.29, 1.82) is 0 Å². The molecule has 0 amide bonds. The second-order valence-electron chi connectivity index (χ2n) is 5.98. The summed E-state index contributed by atoms with van der Waals surface area (Å²) in [5, 5.41) is 17.2. The van der Waals surface area contributed by atoms with E-state index >= 15 is 0 Å². The van der Waals surface area contributed by atoms with Crippen molar-refractivity contribution in [3.8, 4) is 11.5 Å². The minimum atomic E-state index is -4.39. The number of halogens is 7. The van der Waals surface area contributed by atoms with Gasteiger partial charge >= 0.3 is 21.0 Å². The van der Waals surface area contributed by atoms with Gasteiger partial charge in [0.25, 0.3) is 0 Å². The molecule has 32 heavy (non-hydrogen) atoms. The molecule has 3 aromatic carbocycles. The van der Waals surface area contributed by atoms with Gasteiger partial charge < -0.3 is 19.4 Å². The van der Waals surface area contributed by atoms with Gasteiger partial charge in [0.1, 0.15) is 23.1 Å². The fraction of sp³-hybridized carbons (Fsp3) is 0.0526. The molecule has 2 N–H and O–H groups in total. The van der Waals surface area contributed by atoms with Crippen molar-refractivity contribution in [1.82, 2.24) is 0 Å². The smallest absolute Gasteiger partial charge is 0.526 e. The number of alkyl halides is 3. The Morgan fingerprint density at radius 2 is 1.19 bits per heavy atom. The van der Waals surface area contributed by atoms with Crippen molar-refractivity contribution < 1.29 is 41.3 Å². The summed E-state index contributed by atoms with van der Waals surface area (Å²) in [6.45, 7) is 0. The van der Waals surface area contributed by atoms with Crippen molar-refractivity contribution >= 4 is 43.5 Å². The predicted octanol–water partition coefficient (Wildman–Crippen LogP) is 4.65. The van der Waals surface area contributed by atoms with Gasteiger partial charge in [-0.05, 0) is 29.7 Å². The number of benzene rings is 3. The number of rotatable bonds is 5. The first-order valence-electron chi connectivity index (χ1n) is 8.56. The Balaban J connectivity index is 0.000000244.